The molecule has 7 heteroatoms. The Morgan fingerprint density at radius 3 is 2.64 bits per heavy atom. The van der Waals surface area contributed by atoms with Gasteiger partial charge in [0.25, 0.3) is 5.89 Å². The van der Waals surface area contributed by atoms with Crippen molar-refractivity contribution < 1.29 is 9.26 Å². The molecule has 1 aromatic carbocycles. The first-order valence-electron chi connectivity index (χ1n) is 7.85. The van der Waals surface area contributed by atoms with Crippen molar-refractivity contribution in [1.82, 2.24) is 15.5 Å². The van der Waals surface area contributed by atoms with Crippen LogP contribution in [0.15, 0.2) is 34.9 Å². The molecule has 3 aromatic rings. The van der Waals surface area contributed by atoms with Gasteiger partial charge in [-0.1, -0.05) is 17.3 Å². The van der Waals surface area contributed by atoms with Gasteiger partial charge in [-0.25, -0.2) is 0 Å². The average Bonchev–Trinajstić information content (AvgIpc) is 3.21. The lowest BCUT2D eigenvalue weighted by atomic mass is 10.1. The number of halogens is 1. The normalized spacial score (nSPS) is 11.8. The van der Waals surface area contributed by atoms with E-state index in [-0.39, 0.29) is 12.4 Å². The van der Waals surface area contributed by atoms with Crippen LogP contribution in [-0.4, -0.2) is 30.3 Å². The molecule has 134 valence electrons. The summed E-state index contributed by atoms with van der Waals surface area (Å²) < 4.78 is 10.7. The molecule has 0 saturated carbocycles. The van der Waals surface area contributed by atoms with Gasteiger partial charge in [0.2, 0.25) is 0 Å². The first-order valence-corrected chi connectivity index (χ1v) is 8.67. The number of nitrogens with zero attached hydrogens (tertiary/aromatic N) is 2. The molecule has 1 atom stereocenters. The monoisotopic (exact) mass is 379 g/mol. The summed E-state index contributed by atoms with van der Waals surface area (Å²) in [5.74, 6) is 2.16. The lowest BCUT2D eigenvalue weighted by Crippen LogP contribution is -2.24. The predicted molar refractivity (Wildman–Crippen MR) is 104 cm³/mol. The highest BCUT2D eigenvalue weighted by Gasteiger charge is 2.16. The van der Waals surface area contributed by atoms with Crippen LogP contribution in [0, 0.1) is 6.92 Å². The second-order valence-electron chi connectivity index (χ2n) is 5.72. The molecule has 0 amide bonds. The molecule has 2 aromatic heterocycles. The maximum Gasteiger partial charge on any atom is 0.268 e. The molecule has 0 aliphatic carbocycles. The molecule has 0 fully saturated rings. The molecule has 0 bridgehead atoms. The van der Waals surface area contributed by atoms with Crippen molar-refractivity contribution >= 4 is 23.7 Å². The molecule has 5 nitrogen and oxygen atoms in total. The molecule has 0 saturated heterocycles. The van der Waals surface area contributed by atoms with Gasteiger partial charge in [0.05, 0.1) is 12.0 Å². The van der Waals surface area contributed by atoms with Crippen molar-refractivity contribution in [2.45, 2.75) is 26.3 Å². The van der Waals surface area contributed by atoms with Crippen molar-refractivity contribution in [3.05, 3.63) is 41.0 Å². The summed E-state index contributed by atoms with van der Waals surface area (Å²) in [6, 6.07) is 10.5. The number of ether oxygens (including phenoxy) is 1. The quantitative estimate of drug-likeness (QED) is 0.689. The zero-order valence-electron chi connectivity index (χ0n) is 14.7. The second kappa shape index (κ2) is 8.47. The number of likely N-dealkylation sites (N-methyl/N-ethyl adjacent to an activating group) is 1. The Labute approximate surface area is 157 Å². The molecule has 0 spiro atoms. The van der Waals surface area contributed by atoms with Crippen LogP contribution >= 0.6 is 23.7 Å². The molecule has 1 N–H and O–H groups in total. The van der Waals surface area contributed by atoms with Gasteiger partial charge in [0.1, 0.15) is 5.75 Å². The summed E-state index contributed by atoms with van der Waals surface area (Å²) in [5.41, 5.74) is 2.33. The Hall–Kier alpha value is -1.89. The molecule has 2 heterocycles. The summed E-state index contributed by atoms with van der Waals surface area (Å²) in [7, 11) is 3.60. The van der Waals surface area contributed by atoms with E-state index in [1.54, 1.807) is 18.4 Å². The minimum absolute atomic E-state index is 0. The molecule has 0 aliphatic heterocycles. The topological polar surface area (TPSA) is 60.2 Å². The Morgan fingerprint density at radius 1 is 1.28 bits per heavy atom. The third-order valence-corrected chi connectivity index (χ3v) is 5.02. The third kappa shape index (κ3) is 4.39. The fourth-order valence-corrected chi connectivity index (χ4v) is 3.42. The van der Waals surface area contributed by atoms with Gasteiger partial charge < -0.3 is 14.6 Å². The highest BCUT2D eigenvalue weighted by atomic mass is 35.5. The van der Waals surface area contributed by atoms with Crippen LogP contribution in [0.5, 0.6) is 5.75 Å². The molecule has 0 radical (unpaired) electrons. The van der Waals surface area contributed by atoms with E-state index in [9.17, 15) is 0 Å². The standard InChI is InChI=1S/C18H21N3O2S.ClH/c1-11(19-3)9-17-20-18(23-21-17)16-10-15(12(2)24-16)13-5-7-14(22-4)8-6-13;/h5-8,10-11,19H,9H2,1-4H3;1H. The van der Waals surface area contributed by atoms with Gasteiger partial charge in [-0.15, -0.1) is 23.7 Å². The fourth-order valence-electron chi connectivity index (χ4n) is 2.46. The van der Waals surface area contributed by atoms with Gasteiger partial charge in [0.15, 0.2) is 5.82 Å². The van der Waals surface area contributed by atoms with E-state index in [1.807, 2.05) is 19.2 Å². The molecule has 25 heavy (non-hydrogen) atoms. The van der Waals surface area contributed by atoms with Crippen LogP contribution in [-0.2, 0) is 6.42 Å². The minimum Gasteiger partial charge on any atom is -0.497 e. The van der Waals surface area contributed by atoms with Crippen molar-refractivity contribution in [2.24, 2.45) is 0 Å². The third-order valence-electron chi connectivity index (χ3n) is 3.98. The number of benzene rings is 1. The number of aromatic nitrogens is 2. The molecular weight excluding hydrogens is 358 g/mol. The Balaban J connectivity index is 0.00000225. The van der Waals surface area contributed by atoms with E-state index in [2.05, 4.69) is 47.5 Å². The van der Waals surface area contributed by atoms with Gasteiger partial charge >= 0.3 is 0 Å². The summed E-state index contributed by atoms with van der Waals surface area (Å²) in [4.78, 5) is 6.73. The van der Waals surface area contributed by atoms with E-state index in [0.717, 1.165) is 28.4 Å². The van der Waals surface area contributed by atoms with Crippen LogP contribution in [0.1, 0.15) is 17.6 Å². The van der Waals surface area contributed by atoms with Gasteiger partial charge in [-0.05, 0) is 50.2 Å². The maximum atomic E-state index is 5.44. The van der Waals surface area contributed by atoms with Crippen LogP contribution in [0.25, 0.3) is 21.9 Å². The van der Waals surface area contributed by atoms with E-state index in [1.165, 1.54) is 10.4 Å². The Morgan fingerprint density at radius 2 is 2.00 bits per heavy atom. The summed E-state index contributed by atoms with van der Waals surface area (Å²) in [5, 5.41) is 7.26. The van der Waals surface area contributed by atoms with E-state index < -0.39 is 0 Å². The summed E-state index contributed by atoms with van der Waals surface area (Å²) >= 11 is 1.67. The van der Waals surface area contributed by atoms with Crippen molar-refractivity contribution in [2.75, 3.05) is 14.2 Å². The van der Waals surface area contributed by atoms with E-state index >= 15 is 0 Å². The molecule has 3 rings (SSSR count). The van der Waals surface area contributed by atoms with Gasteiger partial charge in [-0.2, -0.15) is 4.98 Å². The lowest BCUT2D eigenvalue weighted by Gasteiger charge is -2.04. The SMILES string of the molecule is CNC(C)Cc1noc(-c2cc(-c3ccc(OC)cc3)c(C)s2)n1.Cl. The number of hydrogen-bond acceptors (Lipinski definition) is 6. The molecule has 1 unspecified atom stereocenters. The second-order valence-corrected chi connectivity index (χ2v) is 6.97. The van der Waals surface area contributed by atoms with E-state index in [0.29, 0.717) is 11.9 Å². The summed E-state index contributed by atoms with van der Waals surface area (Å²) in [6.45, 7) is 4.20. The number of nitrogens with one attached hydrogen (secondary N) is 1. The van der Waals surface area contributed by atoms with Gasteiger partial charge in [-0.3, -0.25) is 0 Å². The van der Waals surface area contributed by atoms with Crippen LogP contribution < -0.4 is 10.1 Å². The number of thiophene rings is 1. The number of methoxy groups -OCH3 is 1. The Kier molecular flexibility index (Phi) is 6.58. The van der Waals surface area contributed by atoms with E-state index in [4.69, 9.17) is 9.26 Å². The lowest BCUT2D eigenvalue weighted by molar-refractivity contribution is 0.415. The molecular formula is C18H22ClN3O2S. The summed E-state index contributed by atoms with van der Waals surface area (Å²) in [6.07, 6.45) is 0.746. The molecule has 0 aliphatic rings. The van der Waals surface area contributed by atoms with Crippen molar-refractivity contribution in [3.8, 4) is 27.6 Å². The highest BCUT2D eigenvalue weighted by molar-refractivity contribution is 7.15. The largest absolute Gasteiger partial charge is 0.497 e. The van der Waals surface area contributed by atoms with Crippen LogP contribution in [0.2, 0.25) is 0 Å². The van der Waals surface area contributed by atoms with Crippen LogP contribution in [0.4, 0.5) is 0 Å². The zero-order chi connectivity index (χ0) is 17.1. The fraction of sp³-hybridized carbons (Fsp3) is 0.333. The van der Waals surface area contributed by atoms with Crippen molar-refractivity contribution in [3.63, 3.8) is 0 Å². The highest BCUT2D eigenvalue weighted by Crippen LogP contribution is 2.36. The average molecular weight is 380 g/mol. The first kappa shape index (κ1) is 19.4. The first-order chi connectivity index (χ1) is 11.6. The number of rotatable bonds is 6. The van der Waals surface area contributed by atoms with Crippen molar-refractivity contribution in [1.29, 1.82) is 0 Å². The smallest absolute Gasteiger partial charge is 0.268 e. The van der Waals surface area contributed by atoms with Gasteiger partial charge in [0, 0.05) is 17.3 Å². The Bertz CT molecular complexity index is 814. The van der Waals surface area contributed by atoms with Crippen LogP contribution in [0.3, 0.4) is 0 Å². The number of aryl methyl sites for hydroxylation is 1. The maximum absolute atomic E-state index is 5.44. The zero-order valence-corrected chi connectivity index (χ0v) is 16.3. The minimum atomic E-state index is 0. The predicted octanol–water partition coefficient (Wildman–Crippen LogP) is 4.35. The number of hydrogen-bond donors (Lipinski definition) is 1.